The van der Waals surface area contributed by atoms with Gasteiger partial charge in [-0.3, -0.25) is 0 Å². The highest BCUT2D eigenvalue weighted by molar-refractivity contribution is 5.44. The molecular formula is C28H43N7O2. The van der Waals surface area contributed by atoms with E-state index in [1.807, 2.05) is 10.9 Å². The van der Waals surface area contributed by atoms with Crippen molar-refractivity contribution in [2.75, 3.05) is 44.8 Å². The molecule has 4 fully saturated rings. The Morgan fingerprint density at radius 3 is 2.59 bits per heavy atom. The highest BCUT2D eigenvalue weighted by Crippen LogP contribution is 2.41. The molecule has 2 saturated carbocycles. The summed E-state index contributed by atoms with van der Waals surface area (Å²) in [6.45, 7) is 10.3. The maximum Gasteiger partial charge on any atom is 0.151 e. The van der Waals surface area contributed by atoms with Crippen LogP contribution >= 0.6 is 0 Å². The number of hydrogen-bond donors (Lipinski definition) is 1. The Bertz CT molecular complexity index is 1040. The van der Waals surface area contributed by atoms with E-state index in [-0.39, 0.29) is 5.60 Å². The largest absolute Gasteiger partial charge is 0.376 e. The van der Waals surface area contributed by atoms with Crippen LogP contribution in [0.4, 0.5) is 5.82 Å². The van der Waals surface area contributed by atoms with Gasteiger partial charge in [0, 0.05) is 44.1 Å². The Kier molecular flexibility index (Phi) is 7.20. The molecule has 9 nitrogen and oxygen atoms in total. The van der Waals surface area contributed by atoms with Crippen LogP contribution in [0.2, 0.25) is 0 Å². The van der Waals surface area contributed by atoms with Gasteiger partial charge in [-0.1, -0.05) is 13.8 Å². The van der Waals surface area contributed by atoms with Crippen molar-refractivity contribution in [3.63, 3.8) is 0 Å². The average molecular weight is 510 g/mol. The SMILES string of the molecule is CCCc1nc(C2CC2)n(-c2cnnc(NC3CCC(C)(CN4CCC5(CC4)COCCO5)CC3)c2)n1. The van der Waals surface area contributed by atoms with Crippen molar-refractivity contribution in [2.24, 2.45) is 5.41 Å². The van der Waals surface area contributed by atoms with Crippen LogP contribution in [-0.4, -0.2) is 81.0 Å². The van der Waals surface area contributed by atoms with Crippen molar-refractivity contribution in [3.05, 3.63) is 23.9 Å². The molecule has 37 heavy (non-hydrogen) atoms. The number of anilines is 1. The number of likely N-dealkylation sites (tertiary alicyclic amines) is 1. The molecule has 202 valence electrons. The third kappa shape index (κ3) is 5.83. The van der Waals surface area contributed by atoms with Gasteiger partial charge in [-0.25, -0.2) is 9.67 Å². The smallest absolute Gasteiger partial charge is 0.151 e. The molecule has 0 unspecified atom stereocenters. The second kappa shape index (κ2) is 10.6. The molecule has 0 bridgehead atoms. The van der Waals surface area contributed by atoms with E-state index in [2.05, 4.69) is 40.3 Å². The van der Waals surface area contributed by atoms with E-state index < -0.39 is 0 Å². The zero-order chi connectivity index (χ0) is 25.3. The number of aryl methyl sites for hydroxylation is 1. The van der Waals surface area contributed by atoms with Gasteiger partial charge in [0.1, 0.15) is 5.82 Å². The Labute approximate surface area is 220 Å². The second-order valence-electron chi connectivity index (χ2n) is 12.2. The second-order valence-corrected chi connectivity index (χ2v) is 12.2. The third-order valence-electron chi connectivity index (χ3n) is 8.90. The molecule has 2 aromatic rings. The Balaban J connectivity index is 1.03. The van der Waals surface area contributed by atoms with E-state index in [0.717, 1.165) is 94.6 Å². The lowest BCUT2D eigenvalue weighted by molar-refractivity contribution is -0.178. The highest BCUT2D eigenvalue weighted by Gasteiger charge is 2.40. The lowest BCUT2D eigenvalue weighted by Gasteiger charge is -2.47. The first-order valence-electron chi connectivity index (χ1n) is 14.5. The molecule has 1 N–H and O–H groups in total. The summed E-state index contributed by atoms with van der Waals surface area (Å²) in [5, 5.41) is 17.2. The molecule has 0 atom stereocenters. The summed E-state index contributed by atoms with van der Waals surface area (Å²) >= 11 is 0. The Morgan fingerprint density at radius 2 is 1.89 bits per heavy atom. The summed E-state index contributed by atoms with van der Waals surface area (Å²) < 4.78 is 13.9. The first-order chi connectivity index (χ1) is 18.0. The number of piperidine rings is 1. The molecule has 6 rings (SSSR count). The molecule has 2 aromatic heterocycles. The summed E-state index contributed by atoms with van der Waals surface area (Å²) in [5.41, 5.74) is 1.32. The molecule has 0 amide bonds. The summed E-state index contributed by atoms with van der Waals surface area (Å²) in [6, 6.07) is 2.53. The minimum absolute atomic E-state index is 0.0178. The summed E-state index contributed by atoms with van der Waals surface area (Å²) in [4.78, 5) is 7.50. The molecule has 1 spiro atoms. The quantitative estimate of drug-likeness (QED) is 0.568. The van der Waals surface area contributed by atoms with Crippen LogP contribution in [-0.2, 0) is 15.9 Å². The molecule has 4 heterocycles. The zero-order valence-electron chi connectivity index (χ0n) is 22.6. The lowest BCUT2D eigenvalue weighted by atomic mass is 9.73. The van der Waals surface area contributed by atoms with E-state index in [1.165, 1.54) is 32.2 Å². The van der Waals surface area contributed by atoms with Gasteiger partial charge in [0.2, 0.25) is 0 Å². The number of ether oxygens (including phenoxy) is 2. The monoisotopic (exact) mass is 509 g/mol. The van der Waals surface area contributed by atoms with Crippen LogP contribution in [0.3, 0.4) is 0 Å². The van der Waals surface area contributed by atoms with Crippen LogP contribution in [0.25, 0.3) is 5.69 Å². The number of nitrogens with one attached hydrogen (secondary N) is 1. The number of aromatic nitrogens is 5. The van der Waals surface area contributed by atoms with Crippen molar-refractivity contribution >= 4 is 5.82 Å². The predicted octanol–water partition coefficient (Wildman–Crippen LogP) is 4.13. The maximum atomic E-state index is 6.13. The standard InChI is InChI=1S/C28H43N7O2/c1-3-4-24-31-26(21-5-6-21)35(33-24)23-17-25(32-29-18-23)30-22-7-9-27(2,10-8-22)19-34-13-11-28(12-14-34)20-36-15-16-37-28/h17-18,21-22H,3-16,19-20H2,1-2H3,(H,30,32). The first-order valence-corrected chi connectivity index (χ1v) is 14.5. The fraction of sp³-hybridized carbons (Fsp3) is 0.786. The van der Waals surface area contributed by atoms with Crippen molar-refractivity contribution in [2.45, 2.75) is 95.6 Å². The zero-order valence-corrected chi connectivity index (χ0v) is 22.6. The number of nitrogens with zero attached hydrogens (tertiary/aromatic N) is 6. The topological polar surface area (TPSA) is 90.2 Å². The van der Waals surface area contributed by atoms with Gasteiger partial charge in [0.15, 0.2) is 11.6 Å². The minimum atomic E-state index is -0.0178. The molecule has 2 aliphatic carbocycles. The normalized spacial score (nSPS) is 28.4. The van der Waals surface area contributed by atoms with Crippen molar-refractivity contribution in [1.82, 2.24) is 29.9 Å². The van der Waals surface area contributed by atoms with Gasteiger partial charge in [-0.15, -0.1) is 5.10 Å². The molecule has 9 heteroatoms. The average Bonchev–Trinajstić information content (AvgIpc) is 3.68. The molecule has 0 radical (unpaired) electrons. The van der Waals surface area contributed by atoms with Gasteiger partial charge in [0.05, 0.1) is 37.3 Å². The summed E-state index contributed by atoms with van der Waals surface area (Å²) in [6.07, 6.45) is 13.2. The minimum Gasteiger partial charge on any atom is -0.376 e. The molecule has 4 aliphatic rings. The maximum absolute atomic E-state index is 6.13. The third-order valence-corrected chi connectivity index (χ3v) is 8.90. The van der Waals surface area contributed by atoms with E-state index in [9.17, 15) is 0 Å². The first kappa shape index (κ1) is 25.2. The van der Waals surface area contributed by atoms with Crippen LogP contribution < -0.4 is 5.32 Å². The van der Waals surface area contributed by atoms with Crippen LogP contribution in [0.15, 0.2) is 12.3 Å². The number of hydrogen-bond acceptors (Lipinski definition) is 8. The van der Waals surface area contributed by atoms with Crippen molar-refractivity contribution < 1.29 is 9.47 Å². The summed E-state index contributed by atoms with van der Waals surface area (Å²) in [7, 11) is 0. The Morgan fingerprint density at radius 1 is 1.08 bits per heavy atom. The predicted molar refractivity (Wildman–Crippen MR) is 142 cm³/mol. The van der Waals surface area contributed by atoms with E-state index in [4.69, 9.17) is 19.6 Å². The lowest BCUT2D eigenvalue weighted by Crippen LogP contribution is -2.53. The fourth-order valence-electron chi connectivity index (χ4n) is 6.43. The van der Waals surface area contributed by atoms with Gasteiger partial charge >= 0.3 is 0 Å². The highest BCUT2D eigenvalue weighted by atomic mass is 16.6. The van der Waals surface area contributed by atoms with Gasteiger partial charge in [-0.05, 0) is 63.2 Å². The van der Waals surface area contributed by atoms with E-state index in [0.29, 0.717) is 17.4 Å². The van der Waals surface area contributed by atoms with Crippen LogP contribution in [0.1, 0.15) is 89.2 Å². The summed E-state index contributed by atoms with van der Waals surface area (Å²) in [5.74, 6) is 3.40. The van der Waals surface area contributed by atoms with Crippen molar-refractivity contribution in [3.8, 4) is 5.69 Å². The van der Waals surface area contributed by atoms with Crippen LogP contribution in [0, 0.1) is 5.41 Å². The van der Waals surface area contributed by atoms with Crippen LogP contribution in [0.5, 0.6) is 0 Å². The molecule has 2 saturated heterocycles. The Hall–Kier alpha value is -2.10. The van der Waals surface area contributed by atoms with Gasteiger partial charge < -0.3 is 19.7 Å². The van der Waals surface area contributed by atoms with Gasteiger partial charge in [0.25, 0.3) is 0 Å². The van der Waals surface area contributed by atoms with E-state index in [1.54, 1.807) is 0 Å². The number of rotatable bonds is 8. The molecule has 2 aliphatic heterocycles. The molecular weight excluding hydrogens is 466 g/mol. The van der Waals surface area contributed by atoms with Crippen molar-refractivity contribution in [1.29, 1.82) is 0 Å². The van der Waals surface area contributed by atoms with E-state index >= 15 is 0 Å². The molecule has 0 aromatic carbocycles. The van der Waals surface area contributed by atoms with Gasteiger partial charge in [-0.2, -0.15) is 10.2 Å². The fourth-order valence-corrected chi connectivity index (χ4v) is 6.43.